The zero-order valence-corrected chi connectivity index (χ0v) is 18.0. The number of nitrogens with one attached hydrogen (secondary N) is 1. The van der Waals surface area contributed by atoms with Crippen molar-refractivity contribution in [2.45, 2.75) is 19.1 Å². The van der Waals surface area contributed by atoms with Gasteiger partial charge in [-0.2, -0.15) is 0 Å². The maximum atomic E-state index is 15.1. The van der Waals surface area contributed by atoms with Crippen LogP contribution in [0.25, 0.3) is 16.9 Å². The van der Waals surface area contributed by atoms with Gasteiger partial charge in [-0.15, -0.1) is 0 Å². The molecule has 0 bridgehead atoms. The number of fused-ring (bicyclic) bond motifs is 1. The minimum absolute atomic E-state index is 0.127. The van der Waals surface area contributed by atoms with Crippen LogP contribution >= 0.6 is 0 Å². The number of pyridine rings is 1. The predicted octanol–water partition coefficient (Wildman–Crippen LogP) is 2.67. The molecule has 1 saturated heterocycles. The fraction of sp³-hybridized carbons (Fsp3) is 0.364. The molecule has 1 amide bonds. The van der Waals surface area contributed by atoms with Crippen LogP contribution in [0.15, 0.2) is 42.6 Å². The lowest BCUT2D eigenvalue weighted by molar-refractivity contribution is -0.117. The maximum Gasteiger partial charge on any atom is 0.231 e. The summed E-state index contributed by atoms with van der Waals surface area (Å²) < 4.78 is 53.0. The van der Waals surface area contributed by atoms with E-state index in [1.54, 1.807) is 34.9 Å². The Kier molecular flexibility index (Phi) is 5.21. The lowest BCUT2D eigenvalue weighted by atomic mass is 10.1. The first-order chi connectivity index (χ1) is 15.3. The molecule has 1 aliphatic heterocycles. The Labute approximate surface area is 184 Å². The summed E-state index contributed by atoms with van der Waals surface area (Å²) in [7, 11) is -2.96. The van der Waals surface area contributed by atoms with Crippen molar-refractivity contribution in [2.24, 2.45) is 5.92 Å². The standard InChI is InChI=1S/C22H22F2N4O3S/c23-17-10-14(12-27-6-8-32(30,31)9-7-27)4-5-15(17)19-2-1-3-21-25-20(13-28(19)21)26-22(29)16-11-18(16)24/h1-5,10,13,16,18H,6-9,11-12H2,(H,26,29). The molecule has 32 heavy (non-hydrogen) atoms. The summed E-state index contributed by atoms with van der Waals surface area (Å²) in [5.41, 5.74) is 2.24. The topological polar surface area (TPSA) is 83.8 Å². The largest absolute Gasteiger partial charge is 0.309 e. The molecule has 1 aromatic carbocycles. The predicted molar refractivity (Wildman–Crippen MR) is 116 cm³/mol. The molecular weight excluding hydrogens is 438 g/mol. The van der Waals surface area contributed by atoms with Crippen molar-refractivity contribution >= 4 is 27.2 Å². The van der Waals surface area contributed by atoms with Gasteiger partial charge >= 0.3 is 0 Å². The molecule has 2 fully saturated rings. The van der Waals surface area contributed by atoms with Crippen molar-refractivity contribution < 1.29 is 22.0 Å². The minimum atomic E-state index is -2.96. The number of carbonyl (C=O) groups is 1. The Balaban J connectivity index is 1.37. The quantitative estimate of drug-likeness (QED) is 0.633. The van der Waals surface area contributed by atoms with E-state index in [1.165, 1.54) is 6.07 Å². The third kappa shape index (κ3) is 4.24. The van der Waals surface area contributed by atoms with E-state index in [0.29, 0.717) is 42.4 Å². The number of anilines is 1. The molecule has 168 valence electrons. The summed E-state index contributed by atoms with van der Waals surface area (Å²) in [6.07, 6.45) is 0.735. The van der Waals surface area contributed by atoms with Crippen molar-refractivity contribution in [2.75, 3.05) is 29.9 Å². The van der Waals surface area contributed by atoms with Gasteiger partial charge in [-0.05, 0) is 36.2 Å². The van der Waals surface area contributed by atoms with Gasteiger partial charge in [-0.3, -0.25) is 14.1 Å². The van der Waals surface area contributed by atoms with E-state index in [4.69, 9.17) is 0 Å². The van der Waals surface area contributed by atoms with Crippen LogP contribution in [0.2, 0.25) is 0 Å². The number of hydrogen-bond acceptors (Lipinski definition) is 5. The molecular formula is C22H22F2N4O3S. The molecule has 1 aliphatic carbocycles. The first-order valence-corrected chi connectivity index (χ1v) is 12.3. The van der Waals surface area contributed by atoms with Gasteiger partial charge in [0.2, 0.25) is 5.91 Å². The summed E-state index contributed by atoms with van der Waals surface area (Å²) in [6.45, 7) is 1.37. The van der Waals surface area contributed by atoms with E-state index in [2.05, 4.69) is 10.3 Å². The SMILES string of the molecule is O=C(Nc1cn2c(-c3ccc(CN4CCS(=O)(=O)CC4)cc3F)cccc2n1)C1CC1F. The average molecular weight is 461 g/mol. The van der Waals surface area contributed by atoms with E-state index in [0.717, 1.165) is 5.56 Å². The number of imidazole rings is 1. The zero-order chi connectivity index (χ0) is 22.5. The fourth-order valence-electron chi connectivity index (χ4n) is 3.98. The molecule has 2 aliphatic rings. The number of hydrogen-bond donors (Lipinski definition) is 1. The highest BCUT2D eigenvalue weighted by molar-refractivity contribution is 7.91. The average Bonchev–Trinajstić information content (AvgIpc) is 3.34. The summed E-state index contributed by atoms with van der Waals surface area (Å²) in [5, 5.41) is 2.62. The molecule has 2 aromatic heterocycles. The number of carbonyl (C=O) groups excluding carboxylic acids is 1. The van der Waals surface area contributed by atoms with Crippen molar-refractivity contribution in [1.82, 2.24) is 14.3 Å². The molecule has 3 heterocycles. The number of nitrogens with zero attached hydrogens (tertiary/aromatic N) is 3. The number of rotatable bonds is 5. The van der Waals surface area contributed by atoms with Gasteiger partial charge in [0.15, 0.2) is 15.7 Å². The van der Waals surface area contributed by atoms with Crippen LogP contribution in [0.3, 0.4) is 0 Å². The van der Waals surface area contributed by atoms with E-state index in [1.807, 2.05) is 11.0 Å². The molecule has 0 spiro atoms. The summed E-state index contributed by atoms with van der Waals surface area (Å²) in [5.74, 6) is -0.882. The van der Waals surface area contributed by atoms with Crippen LogP contribution in [0.5, 0.6) is 0 Å². The zero-order valence-electron chi connectivity index (χ0n) is 17.2. The molecule has 1 N–H and O–H groups in total. The Morgan fingerprint density at radius 1 is 1.19 bits per heavy atom. The van der Waals surface area contributed by atoms with Crippen molar-refractivity contribution in [3.8, 4) is 11.3 Å². The second-order valence-electron chi connectivity index (χ2n) is 8.35. The van der Waals surface area contributed by atoms with Gasteiger partial charge in [-0.1, -0.05) is 12.1 Å². The Bertz CT molecular complexity index is 1290. The molecule has 3 aromatic rings. The Morgan fingerprint density at radius 2 is 1.94 bits per heavy atom. The van der Waals surface area contributed by atoms with Crippen molar-refractivity contribution in [1.29, 1.82) is 0 Å². The number of amides is 1. The minimum Gasteiger partial charge on any atom is -0.309 e. The van der Waals surface area contributed by atoms with E-state index >= 15 is 4.39 Å². The van der Waals surface area contributed by atoms with Gasteiger partial charge in [-0.25, -0.2) is 22.2 Å². The highest BCUT2D eigenvalue weighted by Gasteiger charge is 2.43. The molecule has 10 heteroatoms. The number of sulfone groups is 1. The van der Waals surface area contributed by atoms with Gasteiger partial charge in [0.1, 0.15) is 17.6 Å². The number of alkyl halides is 1. The monoisotopic (exact) mass is 460 g/mol. The van der Waals surface area contributed by atoms with E-state index < -0.39 is 33.7 Å². The van der Waals surface area contributed by atoms with Crippen LogP contribution in [0.1, 0.15) is 12.0 Å². The first-order valence-electron chi connectivity index (χ1n) is 10.4. The van der Waals surface area contributed by atoms with E-state index in [9.17, 15) is 17.6 Å². The second-order valence-corrected chi connectivity index (χ2v) is 10.7. The molecule has 7 nitrogen and oxygen atoms in total. The number of benzene rings is 1. The van der Waals surface area contributed by atoms with Crippen LogP contribution in [-0.4, -0.2) is 59.4 Å². The van der Waals surface area contributed by atoms with Gasteiger partial charge in [0.05, 0.1) is 29.3 Å². The van der Waals surface area contributed by atoms with E-state index in [-0.39, 0.29) is 17.9 Å². The molecule has 5 rings (SSSR count). The van der Waals surface area contributed by atoms with Gasteiger partial charge in [0, 0.05) is 25.2 Å². The lowest BCUT2D eigenvalue weighted by Crippen LogP contribution is -2.39. The highest BCUT2D eigenvalue weighted by atomic mass is 32.2. The van der Waals surface area contributed by atoms with Gasteiger partial charge in [0.25, 0.3) is 0 Å². The molecule has 0 radical (unpaired) electrons. The number of halogens is 2. The lowest BCUT2D eigenvalue weighted by Gasteiger charge is -2.26. The fourth-order valence-corrected chi connectivity index (χ4v) is 5.25. The summed E-state index contributed by atoms with van der Waals surface area (Å²) in [4.78, 5) is 18.4. The summed E-state index contributed by atoms with van der Waals surface area (Å²) in [6, 6.07) is 10.2. The second kappa shape index (κ2) is 7.93. The first kappa shape index (κ1) is 21.0. The molecule has 2 unspecified atom stereocenters. The smallest absolute Gasteiger partial charge is 0.231 e. The molecule has 1 saturated carbocycles. The van der Waals surface area contributed by atoms with Crippen LogP contribution < -0.4 is 5.32 Å². The van der Waals surface area contributed by atoms with Crippen LogP contribution in [0.4, 0.5) is 14.6 Å². The third-order valence-corrected chi connectivity index (χ3v) is 7.55. The van der Waals surface area contributed by atoms with Crippen molar-refractivity contribution in [3.05, 3.63) is 54.0 Å². The highest BCUT2D eigenvalue weighted by Crippen LogP contribution is 2.35. The maximum absolute atomic E-state index is 15.1. The summed E-state index contributed by atoms with van der Waals surface area (Å²) >= 11 is 0. The van der Waals surface area contributed by atoms with Crippen LogP contribution in [-0.2, 0) is 21.2 Å². The Hall–Kier alpha value is -2.85. The molecule has 2 atom stereocenters. The third-order valence-electron chi connectivity index (χ3n) is 5.95. The number of aromatic nitrogens is 2. The van der Waals surface area contributed by atoms with Crippen molar-refractivity contribution in [3.63, 3.8) is 0 Å². The normalized spacial score (nSPS) is 22.7. The van der Waals surface area contributed by atoms with Gasteiger partial charge < -0.3 is 5.32 Å². The van der Waals surface area contributed by atoms with Crippen LogP contribution in [0, 0.1) is 11.7 Å². The Morgan fingerprint density at radius 3 is 2.62 bits per heavy atom.